The summed E-state index contributed by atoms with van der Waals surface area (Å²) >= 11 is 2.05. The van der Waals surface area contributed by atoms with E-state index in [1.807, 2.05) is 11.3 Å². The van der Waals surface area contributed by atoms with Crippen LogP contribution < -0.4 is 0 Å². The van der Waals surface area contributed by atoms with Crippen LogP contribution in [0.25, 0.3) is 0 Å². The van der Waals surface area contributed by atoms with Crippen molar-refractivity contribution in [2.24, 2.45) is 0 Å². The molecule has 0 aromatic carbocycles. The lowest BCUT2D eigenvalue weighted by Crippen LogP contribution is -2.12. The number of rotatable bonds is 2. The first-order valence-electron chi connectivity index (χ1n) is 6.78. The molecule has 1 rings (SSSR count). The molecule has 0 nitrogen and oxygen atoms in total. The van der Waals surface area contributed by atoms with Gasteiger partial charge in [-0.3, -0.25) is 0 Å². The third-order valence-corrected chi connectivity index (χ3v) is 5.31. The highest BCUT2D eigenvalue weighted by molar-refractivity contribution is 7.12. The molecule has 0 N–H and O–H groups in total. The average molecular weight is 252 g/mol. The van der Waals surface area contributed by atoms with E-state index < -0.39 is 0 Å². The van der Waals surface area contributed by atoms with Gasteiger partial charge in [-0.1, -0.05) is 55.4 Å². The van der Waals surface area contributed by atoms with Gasteiger partial charge in [0.2, 0.25) is 0 Å². The van der Waals surface area contributed by atoms with Crippen LogP contribution in [0.1, 0.15) is 76.3 Å². The highest BCUT2D eigenvalue weighted by Gasteiger charge is 2.28. The van der Waals surface area contributed by atoms with Crippen molar-refractivity contribution in [3.05, 3.63) is 20.9 Å². The highest BCUT2D eigenvalue weighted by Crippen LogP contribution is 2.42. The smallest absolute Gasteiger partial charge is 0.0137 e. The summed E-state index contributed by atoms with van der Waals surface area (Å²) in [4.78, 5) is 3.20. The molecule has 17 heavy (non-hydrogen) atoms. The minimum atomic E-state index is 0.281. The maximum absolute atomic E-state index is 2.34. The van der Waals surface area contributed by atoms with Crippen LogP contribution in [0.4, 0.5) is 0 Å². The van der Waals surface area contributed by atoms with Crippen LogP contribution in [0.15, 0.2) is 0 Å². The second-order valence-corrected chi connectivity index (χ2v) is 7.95. The molecule has 0 spiro atoms. The van der Waals surface area contributed by atoms with Crippen LogP contribution in [-0.2, 0) is 23.7 Å². The molecule has 0 radical (unpaired) electrons. The lowest BCUT2D eigenvalue weighted by molar-refractivity contribution is 0.594. The summed E-state index contributed by atoms with van der Waals surface area (Å²) in [6.45, 7) is 18.6. The van der Waals surface area contributed by atoms with Crippen LogP contribution in [0.2, 0.25) is 0 Å². The molecule has 1 aromatic heterocycles. The van der Waals surface area contributed by atoms with Gasteiger partial charge in [0.05, 0.1) is 0 Å². The Labute approximate surface area is 111 Å². The van der Waals surface area contributed by atoms with Crippen molar-refractivity contribution in [2.45, 2.75) is 79.1 Å². The Morgan fingerprint density at radius 3 is 1.18 bits per heavy atom. The quantitative estimate of drug-likeness (QED) is 0.655. The van der Waals surface area contributed by atoms with E-state index in [4.69, 9.17) is 0 Å². The molecule has 98 valence electrons. The Morgan fingerprint density at radius 2 is 1.00 bits per heavy atom. The van der Waals surface area contributed by atoms with Gasteiger partial charge in [0.25, 0.3) is 0 Å². The molecule has 0 amide bonds. The van der Waals surface area contributed by atoms with Crippen LogP contribution in [0, 0.1) is 0 Å². The van der Waals surface area contributed by atoms with Gasteiger partial charge in [-0.25, -0.2) is 0 Å². The summed E-state index contributed by atoms with van der Waals surface area (Å²) in [7, 11) is 0. The fraction of sp³-hybridized carbons (Fsp3) is 0.750. The van der Waals surface area contributed by atoms with Gasteiger partial charge < -0.3 is 0 Å². The zero-order valence-electron chi connectivity index (χ0n) is 12.8. The van der Waals surface area contributed by atoms with Crippen LogP contribution in [0.3, 0.4) is 0 Å². The molecular weight excluding hydrogens is 224 g/mol. The molecule has 0 unspecified atom stereocenters. The van der Waals surface area contributed by atoms with Crippen LogP contribution in [-0.4, -0.2) is 0 Å². The van der Waals surface area contributed by atoms with Gasteiger partial charge in [-0.05, 0) is 34.8 Å². The van der Waals surface area contributed by atoms with Crippen molar-refractivity contribution in [1.82, 2.24) is 0 Å². The average Bonchev–Trinajstić information content (AvgIpc) is 2.54. The highest BCUT2D eigenvalue weighted by atomic mass is 32.1. The first-order valence-corrected chi connectivity index (χ1v) is 7.60. The summed E-state index contributed by atoms with van der Waals surface area (Å²) < 4.78 is 0. The van der Waals surface area contributed by atoms with E-state index in [1.165, 1.54) is 12.8 Å². The Bertz CT molecular complexity index is 346. The molecule has 1 heterocycles. The molecule has 1 heteroatoms. The van der Waals surface area contributed by atoms with Crippen molar-refractivity contribution in [3.8, 4) is 0 Å². The Balaban J connectivity index is 3.50. The van der Waals surface area contributed by atoms with Crippen LogP contribution >= 0.6 is 11.3 Å². The van der Waals surface area contributed by atoms with Crippen molar-refractivity contribution < 1.29 is 0 Å². The number of thiophene rings is 1. The van der Waals surface area contributed by atoms with Crippen molar-refractivity contribution in [1.29, 1.82) is 0 Å². The standard InChI is InChI=1S/C16H28S/c1-9-11-12(10-2)14(16(6,7)8)17-13(11)15(3,4)5/h9-10H2,1-8H3. The van der Waals surface area contributed by atoms with E-state index in [0.29, 0.717) is 0 Å². The summed E-state index contributed by atoms with van der Waals surface area (Å²) in [5.41, 5.74) is 3.80. The molecule has 0 aliphatic carbocycles. The fourth-order valence-corrected chi connectivity index (χ4v) is 4.06. The molecule has 0 bridgehead atoms. The van der Waals surface area contributed by atoms with Crippen molar-refractivity contribution >= 4 is 11.3 Å². The van der Waals surface area contributed by atoms with E-state index in [-0.39, 0.29) is 10.8 Å². The van der Waals surface area contributed by atoms with Gasteiger partial charge in [-0.15, -0.1) is 11.3 Å². The largest absolute Gasteiger partial charge is 0.144 e. The normalized spacial score (nSPS) is 13.2. The number of hydrogen-bond donors (Lipinski definition) is 0. The van der Waals surface area contributed by atoms with Gasteiger partial charge in [0.1, 0.15) is 0 Å². The SMILES string of the molecule is CCc1c(C(C)(C)C)sc(C(C)(C)C)c1CC. The lowest BCUT2D eigenvalue weighted by atomic mass is 9.85. The first kappa shape index (κ1) is 14.8. The Hall–Kier alpha value is -0.300. The molecular formula is C16H28S. The van der Waals surface area contributed by atoms with Gasteiger partial charge in [-0.2, -0.15) is 0 Å². The van der Waals surface area contributed by atoms with E-state index in [9.17, 15) is 0 Å². The van der Waals surface area contributed by atoms with Crippen molar-refractivity contribution in [3.63, 3.8) is 0 Å². The van der Waals surface area contributed by atoms with E-state index in [1.54, 1.807) is 20.9 Å². The van der Waals surface area contributed by atoms with E-state index >= 15 is 0 Å². The first-order chi connectivity index (χ1) is 7.62. The summed E-state index contributed by atoms with van der Waals surface area (Å²) in [5, 5.41) is 0. The number of hydrogen-bond acceptors (Lipinski definition) is 1. The fourth-order valence-electron chi connectivity index (χ4n) is 2.46. The monoisotopic (exact) mass is 252 g/mol. The lowest BCUT2D eigenvalue weighted by Gasteiger charge is -2.19. The zero-order valence-corrected chi connectivity index (χ0v) is 13.6. The Morgan fingerprint density at radius 1 is 0.706 bits per heavy atom. The molecule has 0 fully saturated rings. The minimum Gasteiger partial charge on any atom is -0.144 e. The third-order valence-electron chi connectivity index (χ3n) is 3.19. The molecule has 0 saturated carbocycles. The zero-order chi connectivity index (χ0) is 13.4. The maximum atomic E-state index is 2.34. The predicted molar refractivity (Wildman–Crippen MR) is 80.5 cm³/mol. The van der Waals surface area contributed by atoms with E-state index in [2.05, 4.69) is 55.4 Å². The topological polar surface area (TPSA) is 0 Å². The summed E-state index contributed by atoms with van der Waals surface area (Å²) in [6.07, 6.45) is 2.34. The van der Waals surface area contributed by atoms with Gasteiger partial charge >= 0.3 is 0 Å². The van der Waals surface area contributed by atoms with E-state index in [0.717, 1.165) is 0 Å². The van der Waals surface area contributed by atoms with Crippen LogP contribution in [0.5, 0.6) is 0 Å². The van der Waals surface area contributed by atoms with Crippen molar-refractivity contribution in [2.75, 3.05) is 0 Å². The molecule has 0 aliphatic rings. The third kappa shape index (κ3) is 2.93. The van der Waals surface area contributed by atoms with Gasteiger partial charge in [0, 0.05) is 9.75 Å². The second kappa shape index (κ2) is 4.76. The Kier molecular flexibility index (Phi) is 4.13. The molecule has 0 atom stereocenters. The second-order valence-electron chi connectivity index (χ2n) is 6.92. The molecule has 0 aliphatic heterocycles. The minimum absolute atomic E-state index is 0.281. The summed E-state index contributed by atoms with van der Waals surface area (Å²) in [5.74, 6) is 0. The maximum Gasteiger partial charge on any atom is 0.0137 e. The predicted octanol–water partition coefficient (Wildman–Crippen LogP) is 5.47. The molecule has 0 saturated heterocycles. The van der Waals surface area contributed by atoms with Gasteiger partial charge in [0.15, 0.2) is 0 Å². The molecule has 1 aromatic rings. The summed E-state index contributed by atoms with van der Waals surface area (Å²) in [6, 6.07) is 0.